The van der Waals surface area contributed by atoms with Crippen LogP contribution in [0.3, 0.4) is 0 Å². The van der Waals surface area contributed by atoms with Crippen LogP contribution in [0.2, 0.25) is 5.02 Å². The Balaban J connectivity index is 1.79. The lowest BCUT2D eigenvalue weighted by Gasteiger charge is -2.42. The maximum absolute atomic E-state index is 6.10. The van der Waals surface area contributed by atoms with Crippen LogP contribution in [0.4, 0.5) is 0 Å². The highest BCUT2D eigenvalue weighted by Gasteiger charge is 2.40. The molecule has 0 bridgehead atoms. The number of benzene rings is 1. The Bertz CT molecular complexity index is 1020. The van der Waals surface area contributed by atoms with Crippen LogP contribution in [-0.2, 0) is 5.54 Å². The van der Waals surface area contributed by atoms with Gasteiger partial charge in [0.25, 0.3) is 0 Å². The zero-order valence-corrected chi connectivity index (χ0v) is 18.2. The predicted molar refractivity (Wildman–Crippen MR) is 113 cm³/mol. The summed E-state index contributed by atoms with van der Waals surface area (Å²) in [6.45, 7) is 8.57. The maximum atomic E-state index is 6.10. The Morgan fingerprint density at radius 2 is 1.78 bits per heavy atom. The normalized spacial score (nSPS) is 20.7. The SMILES string of the molecule is Cc1cc(C2C=CC(Br)N2C(C)(C)c2ccc(Cl)cc2)cn2c(C)nnc12. The van der Waals surface area contributed by atoms with E-state index in [9.17, 15) is 0 Å². The minimum atomic E-state index is -0.196. The molecule has 4 rings (SSSR count). The Hall–Kier alpha value is -1.69. The molecule has 2 aromatic heterocycles. The summed E-state index contributed by atoms with van der Waals surface area (Å²) in [5, 5.41) is 9.26. The van der Waals surface area contributed by atoms with Crippen LogP contribution >= 0.6 is 27.5 Å². The monoisotopic (exact) mass is 444 g/mol. The number of aromatic nitrogens is 3. The van der Waals surface area contributed by atoms with Crippen molar-refractivity contribution in [1.82, 2.24) is 19.5 Å². The van der Waals surface area contributed by atoms with E-state index in [1.54, 1.807) is 0 Å². The van der Waals surface area contributed by atoms with E-state index < -0.39 is 0 Å². The first-order valence-electron chi connectivity index (χ1n) is 8.98. The van der Waals surface area contributed by atoms with Crippen LogP contribution in [0.5, 0.6) is 0 Å². The number of rotatable bonds is 3. The van der Waals surface area contributed by atoms with Crippen LogP contribution < -0.4 is 0 Å². The summed E-state index contributed by atoms with van der Waals surface area (Å²) in [6.07, 6.45) is 6.63. The molecule has 0 spiro atoms. The van der Waals surface area contributed by atoms with Gasteiger partial charge in [-0.3, -0.25) is 9.30 Å². The van der Waals surface area contributed by atoms with Gasteiger partial charge in [-0.1, -0.05) is 51.8 Å². The third-order valence-corrected chi connectivity index (χ3v) is 6.43. The highest BCUT2D eigenvalue weighted by molar-refractivity contribution is 9.09. The quantitative estimate of drug-likeness (QED) is 0.300. The summed E-state index contributed by atoms with van der Waals surface area (Å²) in [4.78, 5) is 2.61. The van der Waals surface area contributed by atoms with E-state index in [1.165, 1.54) is 11.1 Å². The molecule has 0 fully saturated rings. The number of halogens is 2. The second-order valence-electron chi connectivity index (χ2n) is 7.57. The van der Waals surface area contributed by atoms with E-state index in [-0.39, 0.29) is 16.5 Å². The Morgan fingerprint density at radius 3 is 2.48 bits per heavy atom. The molecular weight excluding hydrogens is 424 g/mol. The third-order valence-electron chi connectivity index (χ3n) is 5.44. The fourth-order valence-electron chi connectivity index (χ4n) is 3.93. The third kappa shape index (κ3) is 3.12. The molecule has 6 heteroatoms. The predicted octanol–water partition coefficient (Wildman–Crippen LogP) is 5.57. The first-order chi connectivity index (χ1) is 12.8. The highest BCUT2D eigenvalue weighted by Crippen LogP contribution is 2.43. The van der Waals surface area contributed by atoms with E-state index in [0.29, 0.717) is 0 Å². The Labute approximate surface area is 173 Å². The van der Waals surface area contributed by atoms with Gasteiger partial charge in [-0.05, 0) is 62.6 Å². The van der Waals surface area contributed by atoms with Crippen LogP contribution in [0.25, 0.3) is 5.65 Å². The zero-order chi connectivity index (χ0) is 19.3. The molecule has 2 unspecified atom stereocenters. The van der Waals surface area contributed by atoms with Crippen molar-refractivity contribution in [3.63, 3.8) is 0 Å². The number of alkyl halides is 1. The smallest absolute Gasteiger partial charge is 0.163 e. The van der Waals surface area contributed by atoms with E-state index in [0.717, 1.165) is 22.1 Å². The van der Waals surface area contributed by atoms with Gasteiger partial charge in [0.05, 0.1) is 11.0 Å². The van der Waals surface area contributed by atoms with E-state index in [4.69, 9.17) is 11.6 Å². The van der Waals surface area contributed by atoms with Gasteiger partial charge in [-0.2, -0.15) is 0 Å². The molecule has 0 N–H and O–H groups in total. The van der Waals surface area contributed by atoms with Crippen molar-refractivity contribution in [2.24, 2.45) is 0 Å². The van der Waals surface area contributed by atoms with Crippen molar-refractivity contribution in [2.45, 2.75) is 44.2 Å². The van der Waals surface area contributed by atoms with E-state index in [2.05, 4.69) is 92.7 Å². The standard InChI is InChI=1S/C21H22BrClN4/c1-13-11-15(12-26-14(2)24-25-20(13)26)18-9-10-19(22)27(18)21(3,4)16-5-7-17(23)8-6-16/h5-12,18-19H,1-4H3. The zero-order valence-electron chi connectivity index (χ0n) is 15.8. The average molecular weight is 446 g/mol. The Morgan fingerprint density at radius 1 is 1.07 bits per heavy atom. The lowest BCUT2D eigenvalue weighted by molar-refractivity contribution is 0.104. The van der Waals surface area contributed by atoms with Gasteiger partial charge in [-0.15, -0.1) is 10.2 Å². The molecular formula is C21H22BrClN4. The molecule has 0 saturated heterocycles. The minimum Gasteiger partial charge on any atom is -0.286 e. The molecule has 0 amide bonds. The second-order valence-corrected chi connectivity index (χ2v) is 8.95. The lowest BCUT2D eigenvalue weighted by atomic mass is 9.90. The van der Waals surface area contributed by atoms with Gasteiger partial charge in [0.2, 0.25) is 0 Å². The first-order valence-corrected chi connectivity index (χ1v) is 10.3. The fourth-order valence-corrected chi connectivity index (χ4v) is 4.99. The molecule has 0 aliphatic carbocycles. The number of pyridine rings is 1. The first kappa shape index (κ1) is 18.7. The second kappa shape index (κ2) is 6.73. The largest absolute Gasteiger partial charge is 0.286 e. The summed E-state index contributed by atoms with van der Waals surface area (Å²) in [6, 6.07) is 10.5. The molecule has 1 aromatic carbocycles. The van der Waals surface area contributed by atoms with Crippen LogP contribution in [0.15, 0.2) is 48.7 Å². The van der Waals surface area contributed by atoms with E-state index in [1.807, 2.05) is 19.1 Å². The van der Waals surface area contributed by atoms with Crippen LogP contribution in [-0.4, -0.2) is 24.4 Å². The molecule has 1 aliphatic rings. The maximum Gasteiger partial charge on any atom is 0.163 e. The molecule has 3 heterocycles. The topological polar surface area (TPSA) is 33.4 Å². The number of hydrogen-bond acceptors (Lipinski definition) is 3. The summed E-state index contributed by atoms with van der Waals surface area (Å²) in [5.74, 6) is 0.899. The van der Waals surface area contributed by atoms with Gasteiger partial charge in [-0.25, -0.2) is 0 Å². The summed E-state index contributed by atoms with van der Waals surface area (Å²) in [5.41, 5.74) is 4.30. The number of nitrogens with zero attached hydrogens (tertiary/aromatic N) is 4. The van der Waals surface area contributed by atoms with Gasteiger partial charge < -0.3 is 0 Å². The molecule has 1 aliphatic heterocycles. The summed E-state index contributed by atoms with van der Waals surface area (Å²) < 4.78 is 2.08. The minimum absolute atomic E-state index is 0.143. The highest BCUT2D eigenvalue weighted by atomic mass is 79.9. The van der Waals surface area contributed by atoms with Gasteiger partial charge >= 0.3 is 0 Å². The Kier molecular flexibility index (Phi) is 4.65. The molecule has 3 aromatic rings. The van der Waals surface area contributed by atoms with Crippen molar-refractivity contribution in [3.8, 4) is 0 Å². The van der Waals surface area contributed by atoms with Crippen molar-refractivity contribution in [1.29, 1.82) is 0 Å². The summed E-state index contributed by atoms with van der Waals surface area (Å²) >= 11 is 9.95. The lowest BCUT2D eigenvalue weighted by Crippen LogP contribution is -2.44. The molecule has 4 nitrogen and oxygen atoms in total. The number of aryl methyl sites for hydroxylation is 2. The van der Waals surface area contributed by atoms with E-state index >= 15 is 0 Å². The molecule has 0 saturated carbocycles. The van der Waals surface area contributed by atoms with Crippen molar-refractivity contribution in [2.75, 3.05) is 0 Å². The molecule has 2 atom stereocenters. The van der Waals surface area contributed by atoms with Crippen LogP contribution in [0.1, 0.15) is 42.4 Å². The van der Waals surface area contributed by atoms with Crippen molar-refractivity contribution < 1.29 is 0 Å². The summed E-state index contributed by atoms with van der Waals surface area (Å²) in [7, 11) is 0. The van der Waals surface area contributed by atoms with Crippen molar-refractivity contribution >= 4 is 33.2 Å². The number of fused-ring (bicyclic) bond motifs is 1. The van der Waals surface area contributed by atoms with Crippen LogP contribution in [0, 0.1) is 13.8 Å². The molecule has 27 heavy (non-hydrogen) atoms. The average Bonchev–Trinajstić information content (AvgIpc) is 3.19. The molecule has 140 valence electrons. The fraction of sp³-hybridized carbons (Fsp3) is 0.333. The van der Waals surface area contributed by atoms with Gasteiger partial charge in [0.15, 0.2) is 5.65 Å². The molecule has 0 radical (unpaired) electrons. The van der Waals surface area contributed by atoms with Crippen molar-refractivity contribution in [3.05, 3.63) is 76.2 Å². The van der Waals surface area contributed by atoms with Gasteiger partial charge in [0, 0.05) is 16.8 Å². The van der Waals surface area contributed by atoms with Gasteiger partial charge in [0.1, 0.15) is 5.82 Å². The number of hydrogen-bond donors (Lipinski definition) is 0.